The predicted octanol–water partition coefficient (Wildman–Crippen LogP) is 8.49. The van der Waals surface area contributed by atoms with Crippen molar-refractivity contribution in [2.75, 3.05) is 25.1 Å². The molecule has 3 aliphatic heterocycles. The molecule has 2 aromatic carbocycles. The van der Waals surface area contributed by atoms with E-state index in [9.17, 15) is 13.2 Å². The number of rotatable bonds is 12. The smallest absolute Gasteiger partial charge is 0.414 e. The fraction of sp³-hybridized carbons (Fsp3) is 0.558. The number of fused-ring (bicyclic) bond motifs is 2. The lowest BCUT2D eigenvalue weighted by atomic mass is 9.93. The summed E-state index contributed by atoms with van der Waals surface area (Å²) in [5, 5.41) is 9.00. The first-order chi connectivity index (χ1) is 27.1. The number of pyridine rings is 1. The van der Waals surface area contributed by atoms with E-state index in [0.717, 1.165) is 57.9 Å². The Hall–Kier alpha value is -4.12. The largest absolute Gasteiger partial charge is 0.461 e. The molecule has 0 radical (unpaired) electrons. The quantitative estimate of drug-likeness (QED) is 0.110. The molecule has 2 saturated carbocycles. The van der Waals surface area contributed by atoms with Crippen LogP contribution in [0.1, 0.15) is 88.8 Å². The molecule has 0 amide bonds. The molecule has 5 atom stereocenters. The standard InChI is InChI=1S/C43H47F5N6O2/c1-3-28-30(44)17-14-24-8-5-9-29(34(24)28)37-36(45)38-35-33(50-37)11-6-10-32(31(4-2)49-26-15-16-26)51-40(35)53-41(52-38)56-23-42-19-7-21-54(42)27(18-20-42)22-55-39(25-12-13-25)43(46,47)48/h1,5,8-9,14,17,25-27,31-32,39,49H,4,6-7,10-13,15-16,18-23H2,2H3,(H,51,52,53)/t27-,31-,32+,39?,42-/m0/s1. The normalized spacial score (nSPS) is 25.0. The van der Waals surface area contributed by atoms with Crippen molar-refractivity contribution in [3.63, 3.8) is 0 Å². The van der Waals surface area contributed by atoms with E-state index in [1.807, 2.05) is 0 Å². The third-order valence-corrected chi connectivity index (χ3v) is 12.8. The van der Waals surface area contributed by atoms with E-state index in [0.29, 0.717) is 65.0 Å². The molecule has 0 spiro atoms. The molecule has 296 valence electrons. The van der Waals surface area contributed by atoms with Crippen molar-refractivity contribution >= 4 is 27.5 Å². The second-order valence-corrected chi connectivity index (χ2v) is 16.5. The van der Waals surface area contributed by atoms with Crippen LogP contribution in [0, 0.1) is 29.9 Å². The zero-order valence-corrected chi connectivity index (χ0v) is 31.5. The van der Waals surface area contributed by atoms with E-state index >= 15 is 8.78 Å². The molecule has 56 heavy (non-hydrogen) atoms. The molecule has 9 rings (SSSR count). The molecule has 5 heterocycles. The summed E-state index contributed by atoms with van der Waals surface area (Å²) in [5.41, 5.74) is 0.690. The Morgan fingerprint density at radius 2 is 1.86 bits per heavy atom. The van der Waals surface area contributed by atoms with Gasteiger partial charge in [0.05, 0.1) is 28.8 Å². The van der Waals surface area contributed by atoms with Gasteiger partial charge in [-0.1, -0.05) is 37.1 Å². The highest BCUT2D eigenvalue weighted by atomic mass is 19.4. The van der Waals surface area contributed by atoms with E-state index in [-0.39, 0.29) is 54.1 Å². The first kappa shape index (κ1) is 37.5. The number of halogens is 5. The zero-order valence-electron chi connectivity index (χ0n) is 31.5. The molecule has 1 unspecified atom stereocenters. The lowest BCUT2D eigenvalue weighted by molar-refractivity contribution is -0.230. The van der Waals surface area contributed by atoms with Crippen LogP contribution in [0.15, 0.2) is 30.3 Å². The first-order valence-electron chi connectivity index (χ1n) is 20.3. The average molecular weight is 775 g/mol. The highest BCUT2D eigenvalue weighted by molar-refractivity contribution is 6.02. The molecule has 0 bridgehead atoms. The Labute approximate surface area is 323 Å². The van der Waals surface area contributed by atoms with Gasteiger partial charge in [0, 0.05) is 35.1 Å². The van der Waals surface area contributed by atoms with Crippen LogP contribution in [0.25, 0.3) is 32.9 Å². The number of ether oxygens (including phenoxy) is 2. The van der Waals surface area contributed by atoms with Gasteiger partial charge >= 0.3 is 12.2 Å². The number of aromatic nitrogens is 3. The number of hydrogen-bond donors (Lipinski definition) is 2. The van der Waals surface area contributed by atoms with Crippen LogP contribution >= 0.6 is 0 Å². The summed E-state index contributed by atoms with van der Waals surface area (Å²) in [6.07, 6.45) is 9.25. The van der Waals surface area contributed by atoms with Gasteiger partial charge in [0.25, 0.3) is 0 Å². The SMILES string of the molecule is C#Cc1c(F)ccc2cccc(-c3nc4c5c(nc(OC[C@@]67CCCN6[C@H](COC(C6CC6)C(F)(F)F)CC7)nc5c3F)N[C@@H]([C@H](CC)NC3CC3)CCC4)c12. The highest BCUT2D eigenvalue weighted by Gasteiger charge is 2.53. The molecular formula is C43H47F5N6O2. The van der Waals surface area contributed by atoms with Gasteiger partial charge in [-0.3, -0.25) is 4.90 Å². The van der Waals surface area contributed by atoms with E-state index in [1.165, 1.54) is 6.07 Å². The van der Waals surface area contributed by atoms with Gasteiger partial charge in [-0.15, -0.1) is 6.42 Å². The van der Waals surface area contributed by atoms with Gasteiger partial charge < -0.3 is 20.1 Å². The molecule has 2 aromatic heterocycles. The molecule has 4 fully saturated rings. The Morgan fingerprint density at radius 3 is 2.61 bits per heavy atom. The summed E-state index contributed by atoms with van der Waals surface area (Å²) in [6, 6.07) is 8.74. The van der Waals surface area contributed by atoms with Gasteiger partial charge in [0.1, 0.15) is 29.5 Å². The lowest BCUT2D eigenvalue weighted by Crippen LogP contribution is -2.48. The minimum atomic E-state index is -4.38. The van der Waals surface area contributed by atoms with Crippen molar-refractivity contribution in [1.82, 2.24) is 25.2 Å². The zero-order chi connectivity index (χ0) is 38.8. The Bertz CT molecular complexity index is 2180. The fourth-order valence-electron chi connectivity index (χ4n) is 9.66. The van der Waals surface area contributed by atoms with Crippen LogP contribution in [0.4, 0.5) is 27.8 Å². The van der Waals surface area contributed by atoms with Crippen molar-refractivity contribution in [3.8, 4) is 29.6 Å². The molecular weight excluding hydrogens is 728 g/mol. The lowest BCUT2D eigenvalue weighted by Gasteiger charge is -2.35. The molecule has 8 nitrogen and oxygen atoms in total. The molecule has 2 N–H and O–H groups in total. The van der Waals surface area contributed by atoms with Crippen molar-refractivity contribution in [1.29, 1.82) is 0 Å². The van der Waals surface area contributed by atoms with Crippen LogP contribution in [-0.2, 0) is 11.2 Å². The van der Waals surface area contributed by atoms with Crippen LogP contribution in [0.2, 0.25) is 0 Å². The third-order valence-electron chi connectivity index (χ3n) is 12.8. The molecule has 13 heteroatoms. The maximum Gasteiger partial charge on any atom is 0.414 e. The van der Waals surface area contributed by atoms with Gasteiger partial charge in [-0.25, -0.2) is 13.8 Å². The number of nitrogens with zero attached hydrogens (tertiary/aromatic N) is 4. The van der Waals surface area contributed by atoms with Gasteiger partial charge in [-0.05, 0) is 101 Å². The monoisotopic (exact) mass is 774 g/mol. The molecule has 2 saturated heterocycles. The second-order valence-electron chi connectivity index (χ2n) is 16.5. The topological polar surface area (TPSA) is 84.4 Å². The summed E-state index contributed by atoms with van der Waals surface area (Å²) in [4.78, 5) is 16.8. The molecule has 5 aliphatic rings. The number of nitrogens with one attached hydrogen (secondary N) is 2. The van der Waals surface area contributed by atoms with E-state index in [1.54, 1.807) is 24.3 Å². The number of aryl methyl sites for hydroxylation is 1. The summed E-state index contributed by atoms with van der Waals surface area (Å²) >= 11 is 0. The van der Waals surface area contributed by atoms with Crippen molar-refractivity contribution in [2.45, 2.75) is 126 Å². The van der Waals surface area contributed by atoms with Gasteiger partial charge in [-0.2, -0.15) is 23.1 Å². The van der Waals surface area contributed by atoms with Crippen LogP contribution in [0.5, 0.6) is 6.01 Å². The Morgan fingerprint density at radius 1 is 1.02 bits per heavy atom. The number of alkyl halides is 3. The second kappa shape index (κ2) is 14.7. The fourth-order valence-corrected chi connectivity index (χ4v) is 9.66. The maximum atomic E-state index is 17.3. The number of anilines is 1. The van der Waals surface area contributed by atoms with Crippen molar-refractivity contribution in [3.05, 3.63) is 53.2 Å². The van der Waals surface area contributed by atoms with Crippen LogP contribution < -0.4 is 15.4 Å². The first-order valence-corrected chi connectivity index (χ1v) is 20.3. The minimum Gasteiger partial charge on any atom is -0.461 e. The molecule has 4 aromatic rings. The van der Waals surface area contributed by atoms with Crippen molar-refractivity contribution in [2.24, 2.45) is 5.92 Å². The summed E-state index contributed by atoms with van der Waals surface area (Å²) < 4.78 is 85.7. The average Bonchev–Trinajstić information content (AvgIpc) is 4.11. The predicted molar refractivity (Wildman–Crippen MR) is 204 cm³/mol. The van der Waals surface area contributed by atoms with E-state index < -0.39 is 35.4 Å². The number of hydrogen-bond acceptors (Lipinski definition) is 8. The summed E-state index contributed by atoms with van der Waals surface area (Å²) in [6.45, 7) is 3.10. The van der Waals surface area contributed by atoms with E-state index in [4.69, 9.17) is 30.8 Å². The van der Waals surface area contributed by atoms with Crippen molar-refractivity contribution < 1.29 is 31.4 Å². The Kier molecular flexibility index (Phi) is 9.82. The summed E-state index contributed by atoms with van der Waals surface area (Å²) in [7, 11) is 0. The minimum absolute atomic E-state index is 0.00426. The molecule has 2 aliphatic carbocycles. The number of terminal acetylenes is 1. The summed E-state index contributed by atoms with van der Waals surface area (Å²) in [5.74, 6) is 1.19. The van der Waals surface area contributed by atoms with Gasteiger partial charge in [0.15, 0.2) is 11.9 Å². The van der Waals surface area contributed by atoms with Crippen LogP contribution in [-0.4, -0.2) is 81.6 Å². The highest BCUT2D eigenvalue weighted by Crippen LogP contribution is 2.46. The Balaban J connectivity index is 1.08. The van der Waals surface area contributed by atoms with Gasteiger partial charge in [0.2, 0.25) is 0 Å². The maximum absolute atomic E-state index is 17.3. The third kappa shape index (κ3) is 6.96. The van der Waals surface area contributed by atoms with Crippen LogP contribution in [0.3, 0.4) is 0 Å². The number of benzene rings is 2. The van der Waals surface area contributed by atoms with E-state index in [2.05, 4.69) is 28.4 Å².